The molecular formula is C21H19ClFN3O2. The Kier molecular flexibility index (Phi) is 6.21. The standard InChI is InChI=1S/C21H19ClFN3O2/c1-13(2)20-24-11-18(22)19(26-20)21(27)25-16-4-3-5-17(10-16)28-12-14-6-8-15(23)9-7-14/h3-11,13H,12H2,1-2H3,(H,25,27). The molecule has 0 atom stereocenters. The number of benzene rings is 2. The maximum atomic E-state index is 13.0. The molecule has 0 saturated carbocycles. The monoisotopic (exact) mass is 399 g/mol. The van der Waals surface area contributed by atoms with E-state index >= 15 is 0 Å². The van der Waals surface area contributed by atoms with Crippen LogP contribution in [0, 0.1) is 5.82 Å². The summed E-state index contributed by atoms with van der Waals surface area (Å²) in [5, 5.41) is 2.95. The van der Waals surface area contributed by atoms with Crippen molar-refractivity contribution in [3.63, 3.8) is 0 Å². The SMILES string of the molecule is CC(C)c1ncc(Cl)c(C(=O)Nc2cccc(OCc3ccc(F)cc3)c2)n1. The number of carbonyl (C=O) groups excluding carboxylic acids is 1. The highest BCUT2D eigenvalue weighted by atomic mass is 35.5. The van der Waals surface area contributed by atoms with E-state index in [9.17, 15) is 9.18 Å². The molecule has 0 aliphatic carbocycles. The number of carbonyl (C=O) groups is 1. The third kappa shape index (κ3) is 5.04. The molecule has 0 fully saturated rings. The van der Waals surface area contributed by atoms with Crippen LogP contribution in [0.4, 0.5) is 10.1 Å². The lowest BCUT2D eigenvalue weighted by atomic mass is 10.2. The van der Waals surface area contributed by atoms with Gasteiger partial charge < -0.3 is 10.1 Å². The first-order chi connectivity index (χ1) is 13.4. The van der Waals surface area contributed by atoms with E-state index in [1.54, 1.807) is 36.4 Å². The molecule has 1 heterocycles. The van der Waals surface area contributed by atoms with Crippen LogP contribution in [0.1, 0.15) is 41.6 Å². The zero-order chi connectivity index (χ0) is 20.1. The van der Waals surface area contributed by atoms with Crippen LogP contribution in [0.5, 0.6) is 5.75 Å². The second kappa shape index (κ2) is 8.80. The predicted octanol–water partition coefficient (Wildman–Crippen LogP) is 5.22. The quantitative estimate of drug-likeness (QED) is 0.616. The van der Waals surface area contributed by atoms with Crippen molar-refractivity contribution in [2.24, 2.45) is 0 Å². The van der Waals surface area contributed by atoms with Crippen LogP contribution in [0.3, 0.4) is 0 Å². The van der Waals surface area contributed by atoms with Gasteiger partial charge in [-0.25, -0.2) is 14.4 Å². The summed E-state index contributed by atoms with van der Waals surface area (Å²) in [5.41, 5.74) is 1.50. The summed E-state index contributed by atoms with van der Waals surface area (Å²) in [6.07, 6.45) is 1.43. The lowest BCUT2D eigenvalue weighted by molar-refractivity contribution is 0.102. The van der Waals surface area contributed by atoms with E-state index < -0.39 is 5.91 Å². The van der Waals surface area contributed by atoms with Gasteiger partial charge in [-0.05, 0) is 29.8 Å². The Balaban J connectivity index is 1.69. The first-order valence-electron chi connectivity index (χ1n) is 8.73. The Morgan fingerprint density at radius 1 is 1.21 bits per heavy atom. The number of nitrogens with one attached hydrogen (secondary N) is 1. The number of halogens is 2. The molecule has 3 rings (SSSR count). The van der Waals surface area contributed by atoms with Crippen LogP contribution in [0.2, 0.25) is 5.02 Å². The van der Waals surface area contributed by atoms with E-state index in [0.717, 1.165) is 5.56 Å². The van der Waals surface area contributed by atoms with Crippen molar-refractivity contribution in [3.8, 4) is 5.75 Å². The van der Waals surface area contributed by atoms with Gasteiger partial charge in [-0.2, -0.15) is 0 Å². The van der Waals surface area contributed by atoms with Crippen LogP contribution in [0.15, 0.2) is 54.7 Å². The molecule has 1 aromatic heterocycles. The van der Waals surface area contributed by atoms with Crippen molar-refractivity contribution in [1.29, 1.82) is 0 Å². The third-order valence-corrected chi connectivity index (χ3v) is 4.18. The molecule has 1 N–H and O–H groups in total. The minimum Gasteiger partial charge on any atom is -0.489 e. The highest BCUT2D eigenvalue weighted by molar-refractivity contribution is 6.33. The molecule has 0 bridgehead atoms. The van der Waals surface area contributed by atoms with Gasteiger partial charge in [0.05, 0.1) is 11.2 Å². The van der Waals surface area contributed by atoms with Crippen LogP contribution in [-0.2, 0) is 6.61 Å². The lowest BCUT2D eigenvalue weighted by Gasteiger charge is -2.11. The first-order valence-corrected chi connectivity index (χ1v) is 9.11. The topological polar surface area (TPSA) is 64.1 Å². The van der Waals surface area contributed by atoms with Gasteiger partial charge in [-0.3, -0.25) is 4.79 Å². The van der Waals surface area contributed by atoms with Crippen LogP contribution < -0.4 is 10.1 Å². The van der Waals surface area contributed by atoms with Crippen molar-refractivity contribution in [2.45, 2.75) is 26.4 Å². The Morgan fingerprint density at radius 3 is 2.68 bits per heavy atom. The van der Waals surface area contributed by atoms with Gasteiger partial charge in [0.25, 0.3) is 5.91 Å². The summed E-state index contributed by atoms with van der Waals surface area (Å²) in [7, 11) is 0. The highest BCUT2D eigenvalue weighted by Gasteiger charge is 2.16. The molecule has 7 heteroatoms. The van der Waals surface area contributed by atoms with Gasteiger partial charge in [-0.1, -0.05) is 43.6 Å². The minimum absolute atomic E-state index is 0.0759. The van der Waals surface area contributed by atoms with Gasteiger partial charge in [-0.15, -0.1) is 0 Å². The van der Waals surface area contributed by atoms with Crippen molar-refractivity contribution < 1.29 is 13.9 Å². The minimum atomic E-state index is -0.426. The molecule has 3 aromatic rings. The largest absolute Gasteiger partial charge is 0.489 e. The maximum absolute atomic E-state index is 13.0. The number of anilines is 1. The molecule has 0 radical (unpaired) electrons. The number of hydrogen-bond donors (Lipinski definition) is 1. The average Bonchev–Trinajstić information content (AvgIpc) is 2.68. The molecule has 144 valence electrons. The second-order valence-corrected chi connectivity index (χ2v) is 6.88. The number of rotatable bonds is 6. The molecule has 28 heavy (non-hydrogen) atoms. The van der Waals surface area contributed by atoms with E-state index in [2.05, 4.69) is 15.3 Å². The molecule has 2 aromatic carbocycles. The summed E-state index contributed by atoms with van der Waals surface area (Å²) in [5.74, 6) is 0.471. The number of hydrogen-bond acceptors (Lipinski definition) is 4. The molecule has 0 saturated heterocycles. The van der Waals surface area contributed by atoms with Crippen LogP contribution in [-0.4, -0.2) is 15.9 Å². The zero-order valence-corrected chi connectivity index (χ0v) is 16.2. The number of aromatic nitrogens is 2. The highest BCUT2D eigenvalue weighted by Crippen LogP contribution is 2.21. The number of nitrogens with zero attached hydrogens (tertiary/aromatic N) is 2. The summed E-state index contributed by atoms with van der Waals surface area (Å²) in [6, 6.07) is 13.0. The lowest BCUT2D eigenvalue weighted by Crippen LogP contribution is -2.16. The molecule has 1 amide bonds. The fourth-order valence-electron chi connectivity index (χ4n) is 2.42. The summed E-state index contributed by atoms with van der Waals surface area (Å²) in [4.78, 5) is 21.0. The fourth-order valence-corrected chi connectivity index (χ4v) is 2.60. The fraction of sp³-hybridized carbons (Fsp3) is 0.190. The van der Waals surface area contributed by atoms with E-state index in [-0.39, 0.29) is 29.1 Å². The Hall–Kier alpha value is -2.99. The molecule has 0 aliphatic rings. The Bertz CT molecular complexity index is 978. The average molecular weight is 400 g/mol. The number of ether oxygens (including phenoxy) is 1. The molecular weight excluding hydrogens is 381 g/mol. The molecule has 5 nitrogen and oxygen atoms in total. The van der Waals surface area contributed by atoms with Gasteiger partial charge in [0.1, 0.15) is 24.0 Å². The maximum Gasteiger partial charge on any atom is 0.275 e. The van der Waals surface area contributed by atoms with E-state index in [1.807, 2.05) is 13.8 Å². The Morgan fingerprint density at radius 2 is 1.96 bits per heavy atom. The number of amides is 1. The smallest absolute Gasteiger partial charge is 0.275 e. The van der Waals surface area contributed by atoms with Gasteiger partial charge in [0.15, 0.2) is 5.69 Å². The second-order valence-electron chi connectivity index (χ2n) is 6.48. The van der Waals surface area contributed by atoms with E-state index in [4.69, 9.17) is 16.3 Å². The van der Waals surface area contributed by atoms with Gasteiger partial charge in [0.2, 0.25) is 0 Å². The Labute approximate surface area is 167 Å². The normalized spacial score (nSPS) is 10.8. The van der Waals surface area contributed by atoms with Crippen molar-refractivity contribution in [2.75, 3.05) is 5.32 Å². The summed E-state index contributed by atoms with van der Waals surface area (Å²) in [6.45, 7) is 4.16. The van der Waals surface area contributed by atoms with Crippen molar-refractivity contribution in [1.82, 2.24) is 9.97 Å². The summed E-state index contributed by atoms with van der Waals surface area (Å²) < 4.78 is 18.7. The molecule has 0 spiro atoms. The van der Waals surface area contributed by atoms with E-state index in [1.165, 1.54) is 18.3 Å². The predicted molar refractivity (Wildman–Crippen MR) is 106 cm³/mol. The van der Waals surface area contributed by atoms with Gasteiger partial charge >= 0.3 is 0 Å². The summed E-state index contributed by atoms with van der Waals surface area (Å²) >= 11 is 6.08. The zero-order valence-electron chi connectivity index (χ0n) is 15.4. The molecule has 0 unspecified atom stereocenters. The molecule has 0 aliphatic heterocycles. The third-order valence-electron chi connectivity index (χ3n) is 3.90. The van der Waals surface area contributed by atoms with Crippen molar-refractivity contribution >= 4 is 23.2 Å². The van der Waals surface area contributed by atoms with E-state index in [0.29, 0.717) is 17.3 Å². The van der Waals surface area contributed by atoms with Gasteiger partial charge in [0, 0.05) is 17.7 Å². The van der Waals surface area contributed by atoms with Crippen LogP contribution >= 0.6 is 11.6 Å². The van der Waals surface area contributed by atoms with Crippen LogP contribution in [0.25, 0.3) is 0 Å². The first kappa shape index (κ1) is 19.8. The van der Waals surface area contributed by atoms with Crippen molar-refractivity contribution in [3.05, 3.63) is 82.6 Å².